The highest BCUT2D eigenvalue weighted by molar-refractivity contribution is 7.80. The molecule has 4 rings (SSSR count). The molecular formula is C26H21Cl2N3O4S. The number of thiocarbonyl (C=S) groups is 1. The average Bonchev–Trinajstić information content (AvgIpc) is 3.11. The molecule has 2 amide bonds. The van der Waals surface area contributed by atoms with E-state index in [1.165, 1.54) is 17.0 Å². The van der Waals surface area contributed by atoms with Crippen molar-refractivity contribution < 1.29 is 19.1 Å². The average molecular weight is 542 g/mol. The Morgan fingerprint density at radius 3 is 2.33 bits per heavy atom. The van der Waals surface area contributed by atoms with Crippen LogP contribution in [-0.2, 0) is 14.3 Å². The molecule has 36 heavy (non-hydrogen) atoms. The molecule has 1 fully saturated rings. The molecular weight excluding hydrogens is 521 g/mol. The highest BCUT2D eigenvalue weighted by atomic mass is 35.5. The van der Waals surface area contributed by atoms with Crippen molar-refractivity contribution in [3.8, 4) is 5.69 Å². The molecule has 0 saturated carbocycles. The van der Waals surface area contributed by atoms with Gasteiger partial charge in [0.15, 0.2) is 5.11 Å². The van der Waals surface area contributed by atoms with Gasteiger partial charge < -0.3 is 9.30 Å². The molecule has 184 valence electrons. The quantitative estimate of drug-likeness (QED) is 0.202. The fourth-order valence-electron chi connectivity index (χ4n) is 3.96. The zero-order chi connectivity index (χ0) is 26.1. The molecule has 1 aromatic heterocycles. The van der Waals surface area contributed by atoms with Crippen molar-refractivity contribution >= 4 is 70.1 Å². The van der Waals surface area contributed by atoms with Gasteiger partial charge in [0, 0.05) is 17.1 Å². The number of rotatable bonds is 5. The van der Waals surface area contributed by atoms with Crippen molar-refractivity contribution in [2.75, 3.05) is 11.5 Å². The highest BCUT2D eigenvalue weighted by Gasteiger charge is 2.35. The summed E-state index contributed by atoms with van der Waals surface area (Å²) in [6, 6.07) is 13.5. The maximum absolute atomic E-state index is 13.4. The molecule has 0 radical (unpaired) electrons. The standard InChI is InChI=1S/C26H21Cl2N3O4S/c1-4-35-25(34)16-5-7-18(8-6-16)30-14(2)11-17(15(30)3)12-20-23(32)29-26(36)31(24(20)33)19-9-10-21(27)22(28)13-19/h5-13H,4H2,1-3H3,(H,29,32,36)/b20-12+. The first-order chi connectivity index (χ1) is 17.1. The summed E-state index contributed by atoms with van der Waals surface area (Å²) in [7, 11) is 0. The number of halogens is 2. The van der Waals surface area contributed by atoms with Gasteiger partial charge >= 0.3 is 5.97 Å². The zero-order valence-electron chi connectivity index (χ0n) is 19.6. The number of anilines is 1. The third-order valence-corrected chi connectivity index (χ3v) is 6.69. The van der Waals surface area contributed by atoms with Crippen LogP contribution in [0.25, 0.3) is 11.8 Å². The molecule has 1 N–H and O–H groups in total. The number of nitrogens with zero attached hydrogens (tertiary/aromatic N) is 2. The van der Waals surface area contributed by atoms with Crippen LogP contribution in [0.4, 0.5) is 5.69 Å². The van der Waals surface area contributed by atoms with E-state index in [4.69, 9.17) is 40.2 Å². The number of hydrogen-bond donors (Lipinski definition) is 1. The first-order valence-corrected chi connectivity index (χ1v) is 12.1. The first-order valence-electron chi connectivity index (χ1n) is 11.0. The largest absolute Gasteiger partial charge is 0.462 e. The fraction of sp³-hybridized carbons (Fsp3) is 0.154. The van der Waals surface area contributed by atoms with Crippen LogP contribution in [0.2, 0.25) is 10.0 Å². The number of carbonyl (C=O) groups excluding carboxylic acids is 3. The molecule has 1 aliphatic rings. The molecule has 0 atom stereocenters. The summed E-state index contributed by atoms with van der Waals surface area (Å²) in [5, 5.41) is 3.10. The number of esters is 1. The van der Waals surface area contributed by atoms with Gasteiger partial charge in [-0.15, -0.1) is 0 Å². The predicted octanol–water partition coefficient (Wildman–Crippen LogP) is 5.41. The van der Waals surface area contributed by atoms with Gasteiger partial charge in [0.05, 0.1) is 27.9 Å². The molecule has 0 aliphatic carbocycles. The molecule has 10 heteroatoms. The Labute approximate surface area is 223 Å². The zero-order valence-corrected chi connectivity index (χ0v) is 21.9. The van der Waals surface area contributed by atoms with E-state index in [2.05, 4.69) is 5.32 Å². The minimum atomic E-state index is -0.593. The summed E-state index contributed by atoms with van der Waals surface area (Å²) in [5.41, 5.74) is 3.95. The van der Waals surface area contributed by atoms with E-state index in [0.29, 0.717) is 28.4 Å². The van der Waals surface area contributed by atoms with E-state index >= 15 is 0 Å². The minimum absolute atomic E-state index is 0.0484. The van der Waals surface area contributed by atoms with Crippen molar-refractivity contribution in [2.24, 2.45) is 0 Å². The van der Waals surface area contributed by atoms with Gasteiger partial charge in [0.25, 0.3) is 11.8 Å². The van der Waals surface area contributed by atoms with Crippen molar-refractivity contribution in [1.82, 2.24) is 9.88 Å². The lowest BCUT2D eigenvalue weighted by Gasteiger charge is -2.29. The van der Waals surface area contributed by atoms with Crippen LogP contribution in [0.1, 0.15) is 34.2 Å². The number of hydrogen-bond acceptors (Lipinski definition) is 5. The van der Waals surface area contributed by atoms with Crippen LogP contribution < -0.4 is 10.2 Å². The molecule has 1 saturated heterocycles. The number of amides is 2. The van der Waals surface area contributed by atoms with E-state index in [0.717, 1.165) is 17.1 Å². The number of aromatic nitrogens is 1. The van der Waals surface area contributed by atoms with E-state index in [9.17, 15) is 14.4 Å². The van der Waals surface area contributed by atoms with E-state index < -0.39 is 11.8 Å². The lowest BCUT2D eigenvalue weighted by Crippen LogP contribution is -2.54. The molecule has 0 unspecified atom stereocenters. The molecule has 7 nitrogen and oxygen atoms in total. The Kier molecular flexibility index (Phi) is 7.31. The van der Waals surface area contributed by atoms with Gasteiger partial charge in [0.1, 0.15) is 5.57 Å². The number of ether oxygens (including phenoxy) is 1. The Hall–Kier alpha value is -3.46. The first kappa shape index (κ1) is 25.6. The lowest BCUT2D eigenvalue weighted by molar-refractivity contribution is -0.122. The normalized spacial score (nSPS) is 14.9. The van der Waals surface area contributed by atoms with Crippen LogP contribution in [0.3, 0.4) is 0 Å². The van der Waals surface area contributed by atoms with Crippen LogP contribution in [0.15, 0.2) is 54.1 Å². The number of nitrogens with one attached hydrogen (secondary N) is 1. The Bertz CT molecular complexity index is 1440. The second kappa shape index (κ2) is 10.3. The summed E-state index contributed by atoms with van der Waals surface area (Å²) in [4.78, 5) is 39.3. The highest BCUT2D eigenvalue weighted by Crippen LogP contribution is 2.30. The minimum Gasteiger partial charge on any atom is -0.462 e. The second-order valence-electron chi connectivity index (χ2n) is 7.99. The van der Waals surface area contributed by atoms with Crippen LogP contribution in [0, 0.1) is 13.8 Å². The number of carbonyl (C=O) groups is 3. The Balaban J connectivity index is 1.70. The SMILES string of the molecule is CCOC(=O)c1ccc(-n2c(C)cc(/C=C3\C(=O)NC(=S)N(c4ccc(Cl)c(Cl)c4)C3=O)c2C)cc1. The van der Waals surface area contributed by atoms with Crippen LogP contribution >= 0.6 is 35.4 Å². The van der Waals surface area contributed by atoms with Crippen molar-refractivity contribution in [1.29, 1.82) is 0 Å². The third kappa shape index (κ3) is 4.80. The lowest BCUT2D eigenvalue weighted by atomic mass is 10.1. The summed E-state index contributed by atoms with van der Waals surface area (Å²) < 4.78 is 7.01. The van der Waals surface area contributed by atoms with E-state index in [-0.39, 0.29) is 21.7 Å². The van der Waals surface area contributed by atoms with E-state index in [1.54, 1.807) is 31.2 Å². The maximum atomic E-state index is 13.4. The van der Waals surface area contributed by atoms with Crippen molar-refractivity contribution in [3.05, 3.63) is 86.7 Å². The maximum Gasteiger partial charge on any atom is 0.338 e. The molecule has 0 spiro atoms. The van der Waals surface area contributed by atoms with Gasteiger partial charge in [-0.2, -0.15) is 0 Å². The van der Waals surface area contributed by atoms with E-state index in [1.807, 2.05) is 36.6 Å². The summed E-state index contributed by atoms with van der Waals surface area (Å²) in [6.07, 6.45) is 1.54. The summed E-state index contributed by atoms with van der Waals surface area (Å²) >= 11 is 17.4. The van der Waals surface area contributed by atoms with Gasteiger partial charge in [-0.3, -0.25) is 19.8 Å². The van der Waals surface area contributed by atoms with Gasteiger partial charge in [0.2, 0.25) is 0 Å². The predicted molar refractivity (Wildman–Crippen MR) is 144 cm³/mol. The van der Waals surface area contributed by atoms with Gasteiger partial charge in [-0.1, -0.05) is 23.2 Å². The molecule has 2 aromatic carbocycles. The molecule has 1 aliphatic heterocycles. The smallest absolute Gasteiger partial charge is 0.338 e. The number of benzene rings is 2. The topological polar surface area (TPSA) is 80.6 Å². The molecule has 0 bridgehead atoms. The molecule has 3 aromatic rings. The van der Waals surface area contributed by atoms with Crippen LogP contribution in [0.5, 0.6) is 0 Å². The Morgan fingerprint density at radius 2 is 1.69 bits per heavy atom. The molecule has 2 heterocycles. The van der Waals surface area contributed by atoms with Crippen molar-refractivity contribution in [2.45, 2.75) is 20.8 Å². The third-order valence-electron chi connectivity index (χ3n) is 5.67. The summed E-state index contributed by atoms with van der Waals surface area (Å²) in [5.74, 6) is -1.56. The number of aryl methyl sites for hydroxylation is 1. The Morgan fingerprint density at radius 1 is 1.03 bits per heavy atom. The van der Waals surface area contributed by atoms with Gasteiger partial charge in [-0.05, 0) is 93.2 Å². The van der Waals surface area contributed by atoms with Gasteiger partial charge in [-0.25, -0.2) is 4.79 Å². The fourth-order valence-corrected chi connectivity index (χ4v) is 4.54. The monoisotopic (exact) mass is 541 g/mol. The summed E-state index contributed by atoms with van der Waals surface area (Å²) in [6.45, 7) is 5.84. The second-order valence-corrected chi connectivity index (χ2v) is 9.19. The van der Waals surface area contributed by atoms with Crippen molar-refractivity contribution in [3.63, 3.8) is 0 Å². The van der Waals surface area contributed by atoms with Crippen LogP contribution in [-0.4, -0.2) is 34.1 Å².